The lowest BCUT2D eigenvalue weighted by molar-refractivity contribution is -0.134. The Bertz CT molecular complexity index is 1090. The van der Waals surface area contributed by atoms with Gasteiger partial charge >= 0.3 is 0 Å². The van der Waals surface area contributed by atoms with Crippen molar-refractivity contribution >= 4 is 29.2 Å². The van der Waals surface area contributed by atoms with Crippen LogP contribution >= 0.6 is 12.4 Å². The van der Waals surface area contributed by atoms with Crippen LogP contribution < -0.4 is 10.9 Å². The third-order valence-corrected chi connectivity index (χ3v) is 5.26. The molecule has 1 fully saturated rings. The fraction of sp³-hybridized carbons (Fsp3) is 0.318. The lowest BCUT2D eigenvalue weighted by atomic mass is 10.0. The van der Waals surface area contributed by atoms with Crippen molar-refractivity contribution in [2.24, 2.45) is 0 Å². The molecule has 0 aliphatic carbocycles. The molecule has 3 aromatic rings. The number of aromatic amines is 1. The average Bonchev–Trinajstić information content (AvgIpc) is 2.74. The highest BCUT2D eigenvalue weighted by Gasteiger charge is 2.27. The summed E-state index contributed by atoms with van der Waals surface area (Å²) in [6.45, 7) is 1.91. The number of hydrogen-bond donors (Lipinski definition) is 2. The van der Waals surface area contributed by atoms with Gasteiger partial charge in [-0.1, -0.05) is 24.3 Å². The van der Waals surface area contributed by atoms with Gasteiger partial charge in [-0.2, -0.15) is 0 Å². The highest BCUT2D eigenvalue weighted by atomic mass is 35.5. The summed E-state index contributed by atoms with van der Waals surface area (Å²) in [7, 11) is 0. The van der Waals surface area contributed by atoms with Crippen molar-refractivity contribution in [2.45, 2.75) is 25.3 Å². The summed E-state index contributed by atoms with van der Waals surface area (Å²) in [6.07, 6.45) is 1.45. The third kappa shape index (κ3) is 4.86. The topological polar surface area (TPSA) is 78.1 Å². The van der Waals surface area contributed by atoms with Gasteiger partial charge in [0.2, 0.25) is 5.91 Å². The quantitative estimate of drug-likeness (QED) is 0.652. The van der Waals surface area contributed by atoms with Crippen LogP contribution in [0, 0.1) is 5.82 Å². The van der Waals surface area contributed by atoms with Gasteiger partial charge in [-0.3, -0.25) is 9.59 Å². The lowest BCUT2D eigenvalue weighted by Gasteiger charge is -2.36. The van der Waals surface area contributed by atoms with E-state index in [0.29, 0.717) is 49.1 Å². The second-order valence-corrected chi connectivity index (χ2v) is 7.25. The van der Waals surface area contributed by atoms with E-state index in [-0.39, 0.29) is 35.7 Å². The molecule has 2 heterocycles. The van der Waals surface area contributed by atoms with Crippen LogP contribution in [0.3, 0.4) is 0 Å². The predicted molar refractivity (Wildman–Crippen MR) is 116 cm³/mol. The number of carbonyl (C=O) groups excluding carboxylic acids is 1. The number of fused-ring (bicyclic) bond motifs is 1. The molecule has 158 valence electrons. The summed E-state index contributed by atoms with van der Waals surface area (Å²) in [6, 6.07) is 13.4. The van der Waals surface area contributed by atoms with Crippen LogP contribution in [0.5, 0.6) is 0 Å². The number of nitrogens with zero attached hydrogens (tertiary/aromatic N) is 2. The van der Waals surface area contributed by atoms with E-state index in [9.17, 15) is 14.0 Å². The first-order valence-corrected chi connectivity index (χ1v) is 9.85. The van der Waals surface area contributed by atoms with Crippen LogP contribution in [0.1, 0.15) is 30.3 Å². The number of aromatic nitrogens is 2. The van der Waals surface area contributed by atoms with E-state index >= 15 is 0 Å². The molecule has 0 radical (unpaired) electrons. The number of carbonyl (C=O) groups is 1. The van der Waals surface area contributed by atoms with E-state index in [0.717, 1.165) is 12.1 Å². The summed E-state index contributed by atoms with van der Waals surface area (Å²) in [5.74, 6) is 0.319. The van der Waals surface area contributed by atoms with Crippen LogP contribution in [0.15, 0.2) is 53.3 Å². The molecule has 0 bridgehead atoms. The summed E-state index contributed by atoms with van der Waals surface area (Å²) < 4.78 is 13.6. The number of piperazine rings is 1. The molecule has 1 amide bonds. The number of halogens is 2. The Balaban J connectivity index is 0.00000256. The van der Waals surface area contributed by atoms with Crippen LogP contribution in [0.4, 0.5) is 4.39 Å². The molecule has 1 saturated heterocycles. The summed E-state index contributed by atoms with van der Waals surface area (Å²) in [4.78, 5) is 34.1. The van der Waals surface area contributed by atoms with Gasteiger partial charge in [0, 0.05) is 32.5 Å². The van der Waals surface area contributed by atoms with Crippen molar-refractivity contribution < 1.29 is 9.18 Å². The smallest absolute Gasteiger partial charge is 0.258 e. The minimum absolute atomic E-state index is 0. The lowest BCUT2D eigenvalue weighted by Crippen LogP contribution is -2.48. The molecule has 1 unspecified atom stereocenters. The van der Waals surface area contributed by atoms with Gasteiger partial charge in [-0.25, -0.2) is 9.37 Å². The summed E-state index contributed by atoms with van der Waals surface area (Å²) in [5, 5.41) is 3.84. The maximum absolute atomic E-state index is 13.6. The van der Waals surface area contributed by atoms with Crippen LogP contribution in [-0.2, 0) is 11.2 Å². The molecule has 0 spiro atoms. The Morgan fingerprint density at radius 2 is 2.03 bits per heavy atom. The first-order valence-electron chi connectivity index (χ1n) is 9.85. The number of aryl methyl sites for hydroxylation is 1. The van der Waals surface area contributed by atoms with Crippen molar-refractivity contribution in [1.29, 1.82) is 0 Å². The van der Waals surface area contributed by atoms with Gasteiger partial charge in [-0.15, -0.1) is 12.4 Å². The van der Waals surface area contributed by atoms with E-state index < -0.39 is 0 Å². The molecule has 2 aromatic carbocycles. The van der Waals surface area contributed by atoms with Gasteiger partial charge in [-0.05, 0) is 36.2 Å². The zero-order valence-corrected chi connectivity index (χ0v) is 17.3. The van der Waals surface area contributed by atoms with Crippen molar-refractivity contribution in [2.75, 3.05) is 19.6 Å². The molecule has 2 N–H and O–H groups in total. The van der Waals surface area contributed by atoms with Crippen molar-refractivity contribution in [3.05, 3.63) is 76.1 Å². The summed E-state index contributed by atoms with van der Waals surface area (Å²) >= 11 is 0. The highest BCUT2D eigenvalue weighted by molar-refractivity contribution is 5.85. The Morgan fingerprint density at radius 3 is 2.87 bits per heavy atom. The zero-order chi connectivity index (χ0) is 20.2. The monoisotopic (exact) mass is 430 g/mol. The minimum atomic E-state index is -0.299. The Morgan fingerprint density at radius 1 is 1.20 bits per heavy atom. The SMILES string of the molecule is Cl.O=C(CCCc1nc2ccccc2c(=O)[nH]1)N1CCNCC1c1cccc(F)c1. The van der Waals surface area contributed by atoms with E-state index in [1.807, 2.05) is 23.1 Å². The van der Waals surface area contributed by atoms with E-state index in [2.05, 4.69) is 15.3 Å². The van der Waals surface area contributed by atoms with Crippen molar-refractivity contribution in [1.82, 2.24) is 20.2 Å². The third-order valence-electron chi connectivity index (χ3n) is 5.26. The van der Waals surface area contributed by atoms with E-state index in [4.69, 9.17) is 0 Å². The van der Waals surface area contributed by atoms with E-state index in [1.54, 1.807) is 18.2 Å². The normalized spacial score (nSPS) is 16.3. The van der Waals surface area contributed by atoms with Crippen LogP contribution in [-0.4, -0.2) is 40.4 Å². The largest absolute Gasteiger partial charge is 0.333 e. The number of rotatable bonds is 5. The second kappa shape index (κ2) is 9.82. The molecular weight excluding hydrogens is 407 g/mol. The molecule has 1 aromatic heterocycles. The Kier molecular flexibility index (Phi) is 7.18. The minimum Gasteiger partial charge on any atom is -0.333 e. The van der Waals surface area contributed by atoms with Crippen molar-refractivity contribution in [3.63, 3.8) is 0 Å². The molecule has 1 atom stereocenters. The zero-order valence-electron chi connectivity index (χ0n) is 16.4. The number of benzene rings is 2. The molecule has 1 aliphatic rings. The Hall–Kier alpha value is -2.77. The molecule has 0 saturated carbocycles. The van der Waals surface area contributed by atoms with Gasteiger partial charge in [0.05, 0.1) is 16.9 Å². The first kappa shape index (κ1) is 21.9. The average molecular weight is 431 g/mol. The number of amides is 1. The molecular formula is C22H24ClFN4O2. The van der Waals surface area contributed by atoms with Gasteiger partial charge in [0.15, 0.2) is 0 Å². The number of para-hydroxylation sites is 1. The van der Waals surface area contributed by atoms with Crippen LogP contribution in [0.2, 0.25) is 0 Å². The number of nitrogens with one attached hydrogen (secondary N) is 2. The number of H-pyrrole nitrogens is 1. The molecule has 4 rings (SSSR count). The summed E-state index contributed by atoms with van der Waals surface area (Å²) in [5.41, 5.74) is 1.29. The number of hydrogen-bond acceptors (Lipinski definition) is 4. The molecule has 1 aliphatic heterocycles. The maximum Gasteiger partial charge on any atom is 0.258 e. The van der Waals surface area contributed by atoms with Crippen molar-refractivity contribution in [3.8, 4) is 0 Å². The van der Waals surface area contributed by atoms with Gasteiger partial charge in [0.1, 0.15) is 11.6 Å². The van der Waals surface area contributed by atoms with Gasteiger partial charge < -0.3 is 15.2 Å². The second-order valence-electron chi connectivity index (χ2n) is 7.25. The first-order chi connectivity index (χ1) is 14.1. The maximum atomic E-state index is 13.6. The highest BCUT2D eigenvalue weighted by Crippen LogP contribution is 2.24. The van der Waals surface area contributed by atoms with Crippen LogP contribution in [0.25, 0.3) is 10.9 Å². The molecule has 6 nitrogen and oxygen atoms in total. The molecule has 30 heavy (non-hydrogen) atoms. The predicted octanol–water partition coefficient (Wildman–Crippen LogP) is 2.98. The van der Waals surface area contributed by atoms with E-state index in [1.165, 1.54) is 12.1 Å². The molecule has 8 heteroatoms. The van der Waals surface area contributed by atoms with Gasteiger partial charge in [0.25, 0.3) is 5.56 Å². The fourth-order valence-electron chi connectivity index (χ4n) is 3.82. The fourth-order valence-corrected chi connectivity index (χ4v) is 3.82. The standard InChI is InChI=1S/C22H23FN4O2.ClH/c23-16-6-3-5-15(13-16)19-14-24-11-12-27(19)21(28)10-4-9-20-25-18-8-2-1-7-17(18)22(29)26-20;/h1-3,5-8,13,19,24H,4,9-12,14H2,(H,25,26,29);1H. The Labute approximate surface area is 179 Å².